The summed E-state index contributed by atoms with van der Waals surface area (Å²) in [4.78, 5) is 20.6. The number of alkyl carbamates (subject to hydrolysis) is 1. The number of ether oxygens (including phenoxy) is 1. The van der Waals surface area contributed by atoms with Crippen molar-refractivity contribution in [3.8, 4) is 0 Å². The molecule has 0 saturated carbocycles. The Labute approximate surface area is 173 Å². The van der Waals surface area contributed by atoms with Gasteiger partial charge >= 0.3 is 6.09 Å². The zero-order chi connectivity index (χ0) is 21.5. The lowest BCUT2D eigenvalue weighted by Crippen LogP contribution is -2.54. The number of aromatic nitrogens is 2. The van der Waals surface area contributed by atoms with Gasteiger partial charge in [0.05, 0.1) is 22.9 Å². The van der Waals surface area contributed by atoms with Crippen LogP contribution in [0.25, 0.3) is 11.0 Å². The molecule has 1 amide bonds. The van der Waals surface area contributed by atoms with Crippen molar-refractivity contribution in [3.05, 3.63) is 30.6 Å². The normalized spacial score (nSPS) is 12.7. The minimum absolute atomic E-state index is 0.431. The molecule has 29 heavy (non-hydrogen) atoms. The summed E-state index contributed by atoms with van der Waals surface area (Å²) in [5, 5.41) is 9.43. The van der Waals surface area contributed by atoms with Crippen molar-refractivity contribution in [2.75, 3.05) is 20.1 Å². The lowest BCUT2D eigenvalue weighted by molar-refractivity contribution is 0.0474. The van der Waals surface area contributed by atoms with Gasteiger partial charge in [0.25, 0.3) is 0 Å². The number of imidazole rings is 1. The third-order valence-electron chi connectivity index (χ3n) is 4.16. The second kappa shape index (κ2) is 9.62. The first-order valence-electron chi connectivity index (χ1n) is 9.95. The summed E-state index contributed by atoms with van der Waals surface area (Å²) in [6.07, 6.45) is 2.38. The molecule has 0 bridgehead atoms. The number of nitrogens with zero attached hydrogens (tertiary/aromatic N) is 3. The Morgan fingerprint density at radius 3 is 2.59 bits per heavy atom. The fraction of sp³-hybridized carbons (Fsp3) is 0.571. The third-order valence-corrected chi connectivity index (χ3v) is 4.16. The van der Waals surface area contributed by atoms with E-state index in [0.717, 1.165) is 30.5 Å². The van der Waals surface area contributed by atoms with Gasteiger partial charge in [-0.15, -0.1) is 0 Å². The van der Waals surface area contributed by atoms with E-state index in [4.69, 9.17) is 4.74 Å². The highest BCUT2D eigenvalue weighted by Gasteiger charge is 2.24. The van der Waals surface area contributed by atoms with Gasteiger partial charge in [-0.2, -0.15) is 0 Å². The number of carbonyl (C=O) groups excluding carboxylic acids is 1. The van der Waals surface area contributed by atoms with Crippen molar-refractivity contribution in [3.63, 3.8) is 0 Å². The van der Waals surface area contributed by atoms with E-state index < -0.39 is 17.2 Å². The average molecular weight is 403 g/mol. The van der Waals surface area contributed by atoms with Crippen LogP contribution in [0.4, 0.5) is 4.79 Å². The van der Waals surface area contributed by atoms with Crippen LogP contribution in [-0.2, 0) is 11.3 Å². The zero-order valence-corrected chi connectivity index (χ0v) is 18.4. The van der Waals surface area contributed by atoms with Gasteiger partial charge in [-0.05, 0) is 53.2 Å². The van der Waals surface area contributed by atoms with E-state index in [1.165, 1.54) is 0 Å². The van der Waals surface area contributed by atoms with Crippen molar-refractivity contribution in [1.82, 2.24) is 25.5 Å². The fourth-order valence-electron chi connectivity index (χ4n) is 2.79. The summed E-state index contributed by atoms with van der Waals surface area (Å²) >= 11 is 0. The van der Waals surface area contributed by atoms with E-state index in [1.807, 2.05) is 59.1 Å². The van der Waals surface area contributed by atoms with Crippen LogP contribution in [-0.4, -0.2) is 52.9 Å². The Morgan fingerprint density at radius 2 is 1.90 bits per heavy atom. The lowest BCUT2D eigenvalue weighted by atomic mass is 10.1. The molecule has 0 radical (unpaired) electrons. The van der Waals surface area contributed by atoms with E-state index in [-0.39, 0.29) is 0 Å². The van der Waals surface area contributed by atoms with Gasteiger partial charge in [0, 0.05) is 26.7 Å². The topological polar surface area (TPSA) is 92.6 Å². The zero-order valence-electron chi connectivity index (χ0n) is 18.4. The number of hydrogen-bond donors (Lipinski definition) is 3. The van der Waals surface area contributed by atoms with Gasteiger partial charge in [0.2, 0.25) is 0 Å². The Kier molecular flexibility index (Phi) is 7.47. The first-order chi connectivity index (χ1) is 13.6. The standard InChI is InChI=1S/C21H34N6O2/c1-20(2,3)29-19(28)26-21(4,5)14-24-18(22-6)23-12-9-13-27-15-25-16-10-7-8-11-17(16)27/h7-8,10-11,15H,9,12-14H2,1-6H3,(H,26,28)(H2,22,23,24). The van der Waals surface area contributed by atoms with Gasteiger partial charge in [-0.3, -0.25) is 4.99 Å². The number of carbonyl (C=O) groups is 1. The molecule has 2 rings (SSSR count). The smallest absolute Gasteiger partial charge is 0.408 e. The number of para-hydroxylation sites is 2. The van der Waals surface area contributed by atoms with Crippen LogP contribution in [0.2, 0.25) is 0 Å². The molecule has 1 heterocycles. The molecule has 0 aliphatic heterocycles. The first-order valence-corrected chi connectivity index (χ1v) is 9.95. The van der Waals surface area contributed by atoms with E-state index in [1.54, 1.807) is 7.05 Å². The molecule has 0 unspecified atom stereocenters. The van der Waals surface area contributed by atoms with Gasteiger partial charge in [0.1, 0.15) is 5.60 Å². The summed E-state index contributed by atoms with van der Waals surface area (Å²) in [5.41, 5.74) is 1.14. The van der Waals surface area contributed by atoms with Crippen LogP contribution >= 0.6 is 0 Å². The Morgan fingerprint density at radius 1 is 1.17 bits per heavy atom. The molecule has 0 aliphatic rings. The molecular weight excluding hydrogens is 368 g/mol. The maximum Gasteiger partial charge on any atom is 0.408 e. The third kappa shape index (κ3) is 7.63. The highest BCUT2D eigenvalue weighted by molar-refractivity contribution is 5.79. The molecule has 160 valence electrons. The molecule has 8 heteroatoms. The van der Waals surface area contributed by atoms with Crippen molar-refractivity contribution >= 4 is 23.1 Å². The molecule has 0 spiro atoms. The summed E-state index contributed by atoms with van der Waals surface area (Å²) in [7, 11) is 1.73. The van der Waals surface area contributed by atoms with Gasteiger partial charge in [-0.25, -0.2) is 9.78 Å². The van der Waals surface area contributed by atoms with E-state index in [2.05, 4.69) is 36.6 Å². The van der Waals surface area contributed by atoms with Crippen LogP contribution in [0.5, 0.6) is 0 Å². The number of rotatable bonds is 7. The Hall–Kier alpha value is -2.77. The Bertz CT molecular complexity index is 835. The van der Waals surface area contributed by atoms with Gasteiger partial charge in [0.15, 0.2) is 5.96 Å². The number of amides is 1. The predicted molar refractivity (Wildman–Crippen MR) is 117 cm³/mol. The predicted octanol–water partition coefficient (Wildman–Crippen LogP) is 2.89. The summed E-state index contributed by atoms with van der Waals surface area (Å²) in [6.45, 7) is 11.5. The number of hydrogen-bond acceptors (Lipinski definition) is 4. The molecule has 2 aromatic rings. The number of aryl methyl sites for hydroxylation is 1. The van der Waals surface area contributed by atoms with Crippen LogP contribution in [0.15, 0.2) is 35.6 Å². The highest BCUT2D eigenvalue weighted by Crippen LogP contribution is 2.12. The largest absolute Gasteiger partial charge is 0.444 e. The number of fused-ring (bicyclic) bond motifs is 1. The molecule has 0 atom stereocenters. The summed E-state index contributed by atoms with van der Waals surface area (Å²) in [5.74, 6) is 0.694. The highest BCUT2D eigenvalue weighted by atomic mass is 16.6. The van der Waals surface area contributed by atoms with E-state index in [0.29, 0.717) is 12.5 Å². The number of nitrogens with one attached hydrogen (secondary N) is 3. The SMILES string of the molecule is CN=C(NCCCn1cnc2ccccc21)NCC(C)(C)NC(=O)OC(C)(C)C. The molecule has 0 fully saturated rings. The molecule has 8 nitrogen and oxygen atoms in total. The molecule has 3 N–H and O–H groups in total. The van der Waals surface area contributed by atoms with Gasteiger partial charge in [-0.1, -0.05) is 12.1 Å². The van der Waals surface area contributed by atoms with Crippen LogP contribution in [0.1, 0.15) is 41.0 Å². The maximum absolute atomic E-state index is 12.0. The first kappa shape index (κ1) is 22.5. The van der Waals surface area contributed by atoms with Crippen molar-refractivity contribution in [1.29, 1.82) is 0 Å². The summed E-state index contributed by atoms with van der Waals surface area (Å²) < 4.78 is 7.47. The van der Waals surface area contributed by atoms with Crippen molar-refractivity contribution < 1.29 is 9.53 Å². The monoisotopic (exact) mass is 402 g/mol. The Balaban J connectivity index is 1.73. The molecule has 1 aromatic carbocycles. The average Bonchev–Trinajstić information content (AvgIpc) is 3.02. The van der Waals surface area contributed by atoms with E-state index in [9.17, 15) is 4.79 Å². The molecule has 0 aliphatic carbocycles. The number of aliphatic imine (C=N–C) groups is 1. The minimum Gasteiger partial charge on any atom is -0.444 e. The van der Waals surface area contributed by atoms with Gasteiger partial charge < -0.3 is 25.3 Å². The van der Waals surface area contributed by atoms with Crippen LogP contribution in [0, 0.1) is 0 Å². The fourth-order valence-corrected chi connectivity index (χ4v) is 2.79. The van der Waals surface area contributed by atoms with Crippen LogP contribution < -0.4 is 16.0 Å². The molecule has 1 aromatic heterocycles. The molecular formula is C21H34N6O2. The minimum atomic E-state index is -0.522. The lowest BCUT2D eigenvalue weighted by Gasteiger charge is -2.29. The second-order valence-corrected chi connectivity index (χ2v) is 8.64. The van der Waals surface area contributed by atoms with Crippen molar-refractivity contribution in [2.24, 2.45) is 4.99 Å². The molecule has 0 saturated heterocycles. The van der Waals surface area contributed by atoms with Crippen LogP contribution in [0.3, 0.4) is 0 Å². The van der Waals surface area contributed by atoms with Crippen molar-refractivity contribution in [2.45, 2.75) is 58.7 Å². The van der Waals surface area contributed by atoms with E-state index >= 15 is 0 Å². The number of benzene rings is 1. The second-order valence-electron chi connectivity index (χ2n) is 8.64. The summed E-state index contributed by atoms with van der Waals surface area (Å²) in [6, 6.07) is 8.12. The maximum atomic E-state index is 12.0. The quantitative estimate of drug-likeness (QED) is 0.376. The number of guanidine groups is 1.